The molecule has 0 aliphatic heterocycles. The lowest BCUT2D eigenvalue weighted by molar-refractivity contribution is -0.144. The van der Waals surface area contributed by atoms with Gasteiger partial charge < -0.3 is 10.0 Å². The molecule has 1 aromatic heterocycles. The second-order valence-electron chi connectivity index (χ2n) is 5.13. The van der Waals surface area contributed by atoms with Crippen molar-refractivity contribution in [1.29, 1.82) is 0 Å². The minimum Gasteiger partial charge on any atom is -0.480 e. The van der Waals surface area contributed by atoms with Crippen LogP contribution in [-0.2, 0) is 16.0 Å². The number of nitrogens with zero attached hydrogens (tertiary/aromatic N) is 1. The van der Waals surface area contributed by atoms with Crippen LogP contribution in [0.15, 0.2) is 47.8 Å². The summed E-state index contributed by atoms with van der Waals surface area (Å²) in [6, 6.07) is 13.6. The summed E-state index contributed by atoms with van der Waals surface area (Å²) in [5.74, 6) is -1.43. The summed E-state index contributed by atoms with van der Waals surface area (Å²) in [5.41, 5.74) is 1.09. The van der Waals surface area contributed by atoms with E-state index < -0.39 is 5.97 Å². The molecule has 1 aromatic carbocycles. The van der Waals surface area contributed by atoms with Gasteiger partial charge in [-0.05, 0) is 30.4 Å². The first-order valence-electron chi connectivity index (χ1n) is 7.16. The second kappa shape index (κ2) is 7.75. The van der Waals surface area contributed by atoms with E-state index in [0.29, 0.717) is 13.0 Å². The molecular weight excluding hydrogens is 298 g/mol. The fourth-order valence-corrected chi connectivity index (χ4v) is 3.05. The molecule has 2 aromatic rings. The van der Waals surface area contributed by atoms with Crippen LogP contribution < -0.4 is 0 Å². The molecule has 116 valence electrons. The van der Waals surface area contributed by atoms with Gasteiger partial charge in [-0.3, -0.25) is 9.59 Å². The number of carbonyl (C=O) groups excluding carboxylic acids is 1. The van der Waals surface area contributed by atoms with Gasteiger partial charge in [0.15, 0.2) is 0 Å². The van der Waals surface area contributed by atoms with Crippen LogP contribution in [0.4, 0.5) is 0 Å². The van der Waals surface area contributed by atoms with Crippen molar-refractivity contribution in [3.63, 3.8) is 0 Å². The Kier molecular flexibility index (Phi) is 5.72. The van der Waals surface area contributed by atoms with Crippen LogP contribution in [-0.4, -0.2) is 35.0 Å². The lowest BCUT2D eigenvalue weighted by atomic mass is 10.1. The molecule has 0 bridgehead atoms. The van der Waals surface area contributed by atoms with E-state index in [-0.39, 0.29) is 18.4 Å². The average Bonchev–Trinajstić information content (AvgIpc) is 3.05. The molecule has 0 aliphatic rings. The fourth-order valence-electron chi connectivity index (χ4n) is 2.27. The van der Waals surface area contributed by atoms with Crippen LogP contribution >= 0.6 is 11.3 Å². The standard InChI is InChI=1S/C17H19NO3S/c1-13(15-8-5-11-22-15)17(21)18(12-16(19)20)10-9-14-6-3-2-4-7-14/h2-8,11,13H,9-10,12H2,1H3,(H,19,20). The molecular formula is C17H19NO3S. The monoisotopic (exact) mass is 317 g/mol. The highest BCUT2D eigenvalue weighted by Crippen LogP contribution is 2.23. The van der Waals surface area contributed by atoms with Crippen LogP contribution in [0.5, 0.6) is 0 Å². The Morgan fingerprint density at radius 1 is 1.18 bits per heavy atom. The summed E-state index contributed by atoms with van der Waals surface area (Å²) in [7, 11) is 0. The zero-order valence-electron chi connectivity index (χ0n) is 12.4. The van der Waals surface area contributed by atoms with Gasteiger partial charge in [-0.1, -0.05) is 36.4 Å². The highest BCUT2D eigenvalue weighted by molar-refractivity contribution is 7.10. The van der Waals surface area contributed by atoms with Crippen LogP contribution in [0.3, 0.4) is 0 Å². The molecule has 1 heterocycles. The number of carboxylic acids is 1. The van der Waals surface area contributed by atoms with Crippen molar-refractivity contribution in [2.24, 2.45) is 0 Å². The zero-order valence-corrected chi connectivity index (χ0v) is 13.3. The van der Waals surface area contributed by atoms with Gasteiger partial charge in [0, 0.05) is 11.4 Å². The molecule has 22 heavy (non-hydrogen) atoms. The summed E-state index contributed by atoms with van der Waals surface area (Å²) >= 11 is 1.52. The molecule has 1 N–H and O–H groups in total. The second-order valence-corrected chi connectivity index (χ2v) is 6.11. The minimum atomic E-state index is -0.986. The van der Waals surface area contributed by atoms with E-state index in [0.717, 1.165) is 10.4 Å². The van der Waals surface area contributed by atoms with Crippen LogP contribution in [0.25, 0.3) is 0 Å². The molecule has 1 atom stereocenters. The number of thiophene rings is 1. The number of amides is 1. The van der Waals surface area contributed by atoms with E-state index in [9.17, 15) is 9.59 Å². The van der Waals surface area contributed by atoms with Crippen molar-refractivity contribution < 1.29 is 14.7 Å². The maximum atomic E-state index is 12.6. The van der Waals surface area contributed by atoms with Crippen LogP contribution in [0.2, 0.25) is 0 Å². The van der Waals surface area contributed by atoms with Crippen molar-refractivity contribution in [2.45, 2.75) is 19.3 Å². The molecule has 0 spiro atoms. The molecule has 5 heteroatoms. The number of rotatable bonds is 7. The molecule has 1 amide bonds. The Bertz CT molecular complexity index is 610. The largest absolute Gasteiger partial charge is 0.480 e. The topological polar surface area (TPSA) is 57.6 Å². The highest BCUT2D eigenvalue weighted by Gasteiger charge is 2.24. The van der Waals surface area contributed by atoms with E-state index in [1.807, 2.05) is 54.8 Å². The fraction of sp³-hybridized carbons (Fsp3) is 0.294. The Balaban J connectivity index is 2.05. The van der Waals surface area contributed by atoms with Gasteiger partial charge in [-0.25, -0.2) is 0 Å². The summed E-state index contributed by atoms with van der Waals surface area (Å²) in [4.78, 5) is 26.0. The third-order valence-electron chi connectivity index (χ3n) is 3.49. The maximum Gasteiger partial charge on any atom is 0.323 e. The average molecular weight is 317 g/mol. The van der Waals surface area contributed by atoms with E-state index in [2.05, 4.69) is 0 Å². The molecule has 2 rings (SSSR count). The van der Waals surface area contributed by atoms with Gasteiger partial charge in [0.05, 0.1) is 5.92 Å². The lowest BCUT2D eigenvalue weighted by Crippen LogP contribution is -2.39. The SMILES string of the molecule is CC(C(=O)N(CCc1ccccc1)CC(=O)O)c1cccs1. The third kappa shape index (κ3) is 4.43. The van der Waals surface area contributed by atoms with Gasteiger partial charge in [0.1, 0.15) is 6.54 Å². The van der Waals surface area contributed by atoms with Crippen molar-refractivity contribution in [1.82, 2.24) is 4.90 Å². The Hall–Kier alpha value is -2.14. The van der Waals surface area contributed by atoms with E-state index in [1.165, 1.54) is 16.2 Å². The number of hydrogen-bond donors (Lipinski definition) is 1. The Morgan fingerprint density at radius 2 is 1.91 bits per heavy atom. The summed E-state index contributed by atoms with van der Waals surface area (Å²) in [6.45, 7) is 1.97. The van der Waals surface area contributed by atoms with Gasteiger partial charge >= 0.3 is 5.97 Å². The van der Waals surface area contributed by atoms with Crippen molar-refractivity contribution in [3.05, 3.63) is 58.3 Å². The lowest BCUT2D eigenvalue weighted by Gasteiger charge is -2.24. The zero-order chi connectivity index (χ0) is 15.9. The first kappa shape index (κ1) is 16.2. The summed E-state index contributed by atoms with van der Waals surface area (Å²) in [5, 5.41) is 11.0. The van der Waals surface area contributed by atoms with Crippen molar-refractivity contribution in [2.75, 3.05) is 13.1 Å². The van der Waals surface area contributed by atoms with Gasteiger partial charge in [-0.2, -0.15) is 0 Å². The maximum absolute atomic E-state index is 12.6. The number of carboxylic acid groups (broad SMARTS) is 1. The normalized spacial score (nSPS) is 11.9. The summed E-state index contributed by atoms with van der Waals surface area (Å²) < 4.78 is 0. The number of carbonyl (C=O) groups is 2. The number of aliphatic carboxylic acids is 1. The van der Waals surface area contributed by atoms with Crippen LogP contribution in [0.1, 0.15) is 23.3 Å². The van der Waals surface area contributed by atoms with Gasteiger partial charge in [-0.15, -0.1) is 11.3 Å². The highest BCUT2D eigenvalue weighted by atomic mass is 32.1. The molecule has 0 radical (unpaired) electrons. The smallest absolute Gasteiger partial charge is 0.323 e. The van der Waals surface area contributed by atoms with Gasteiger partial charge in [0.2, 0.25) is 5.91 Å². The number of benzene rings is 1. The molecule has 1 unspecified atom stereocenters. The first-order chi connectivity index (χ1) is 10.6. The Labute approximate surface area is 134 Å². The van der Waals surface area contributed by atoms with Crippen molar-refractivity contribution >= 4 is 23.2 Å². The minimum absolute atomic E-state index is 0.138. The summed E-state index contributed by atoms with van der Waals surface area (Å²) in [6.07, 6.45) is 0.650. The quantitative estimate of drug-likeness (QED) is 0.854. The predicted molar refractivity (Wildman–Crippen MR) is 87.1 cm³/mol. The molecule has 0 saturated carbocycles. The van der Waals surface area contributed by atoms with E-state index >= 15 is 0 Å². The molecule has 0 saturated heterocycles. The molecule has 0 fully saturated rings. The van der Waals surface area contributed by atoms with Crippen LogP contribution in [0, 0.1) is 0 Å². The van der Waals surface area contributed by atoms with Gasteiger partial charge in [0.25, 0.3) is 0 Å². The third-order valence-corrected chi connectivity index (χ3v) is 4.55. The Morgan fingerprint density at radius 3 is 2.50 bits per heavy atom. The van der Waals surface area contributed by atoms with Crippen molar-refractivity contribution in [3.8, 4) is 0 Å². The van der Waals surface area contributed by atoms with E-state index in [1.54, 1.807) is 0 Å². The molecule has 4 nitrogen and oxygen atoms in total. The number of hydrogen-bond acceptors (Lipinski definition) is 3. The predicted octanol–water partition coefficient (Wildman–Crippen LogP) is 3.01. The molecule has 0 aliphatic carbocycles. The first-order valence-corrected chi connectivity index (χ1v) is 8.04. The van der Waals surface area contributed by atoms with E-state index in [4.69, 9.17) is 5.11 Å².